The summed E-state index contributed by atoms with van der Waals surface area (Å²) in [6.45, 7) is 5.63. The second kappa shape index (κ2) is 8.26. The van der Waals surface area contributed by atoms with Crippen LogP contribution in [0.15, 0.2) is 40.2 Å². The molecule has 1 aromatic carbocycles. The van der Waals surface area contributed by atoms with E-state index < -0.39 is 5.60 Å². The first-order valence-electron chi connectivity index (χ1n) is 9.12. The minimum Gasteiger partial charge on any atom is -0.388 e. The summed E-state index contributed by atoms with van der Waals surface area (Å²) in [5.74, 6) is 2.83. The Morgan fingerprint density at radius 3 is 2.83 bits per heavy atom. The average Bonchev–Trinajstić information content (AvgIpc) is 3.05. The Bertz CT molecular complexity index is 545. The van der Waals surface area contributed by atoms with Crippen LogP contribution in [0.5, 0.6) is 0 Å². The lowest BCUT2D eigenvalue weighted by Gasteiger charge is -2.35. The van der Waals surface area contributed by atoms with Crippen molar-refractivity contribution in [1.29, 1.82) is 0 Å². The van der Waals surface area contributed by atoms with Gasteiger partial charge < -0.3 is 15.3 Å². The topological polar surface area (TPSA) is 47.9 Å². The number of aliphatic imine (C=N–C) groups is 1. The van der Waals surface area contributed by atoms with E-state index in [0.29, 0.717) is 12.5 Å². The van der Waals surface area contributed by atoms with E-state index in [2.05, 4.69) is 47.5 Å². The van der Waals surface area contributed by atoms with Gasteiger partial charge in [-0.2, -0.15) is 0 Å². The van der Waals surface area contributed by atoms with E-state index in [-0.39, 0.29) is 0 Å². The molecule has 0 radical (unpaired) electrons. The van der Waals surface area contributed by atoms with Crippen molar-refractivity contribution in [3.63, 3.8) is 0 Å². The predicted molar refractivity (Wildman–Crippen MR) is 102 cm³/mol. The van der Waals surface area contributed by atoms with Gasteiger partial charge in [0.2, 0.25) is 0 Å². The monoisotopic (exact) mass is 347 g/mol. The minimum atomic E-state index is -0.539. The Labute approximate surface area is 149 Å². The van der Waals surface area contributed by atoms with Crippen LogP contribution in [-0.2, 0) is 0 Å². The van der Waals surface area contributed by atoms with Gasteiger partial charge in [-0.25, -0.2) is 0 Å². The van der Waals surface area contributed by atoms with Crippen LogP contribution >= 0.6 is 11.8 Å². The zero-order valence-corrected chi connectivity index (χ0v) is 15.4. The van der Waals surface area contributed by atoms with E-state index in [9.17, 15) is 5.11 Å². The van der Waals surface area contributed by atoms with E-state index in [4.69, 9.17) is 4.99 Å². The molecule has 1 heterocycles. The highest BCUT2D eigenvalue weighted by molar-refractivity contribution is 7.99. The van der Waals surface area contributed by atoms with Gasteiger partial charge in [0.1, 0.15) is 0 Å². The molecule has 1 saturated heterocycles. The van der Waals surface area contributed by atoms with Crippen molar-refractivity contribution < 1.29 is 5.11 Å². The van der Waals surface area contributed by atoms with Crippen LogP contribution in [0.25, 0.3) is 0 Å². The molecule has 1 aliphatic heterocycles. The molecule has 0 amide bonds. The second-order valence-electron chi connectivity index (χ2n) is 6.97. The Morgan fingerprint density at radius 2 is 2.17 bits per heavy atom. The minimum absolute atomic E-state index is 0.537. The Kier molecular flexibility index (Phi) is 6.06. The first kappa shape index (κ1) is 17.6. The van der Waals surface area contributed by atoms with Gasteiger partial charge in [0.25, 0.3) is 0 Å². The van der Waals surface area contributed by atoms with E-state index in [1.54, 1.807) is 0 Å². The Morgan fingerprint density at radius 1 is 1.38 bits per heavy atom. The molecule has 2 N–H and O–H groups in total. The molecule has 1 atom stereocenters. The zero-order chi connectivity index (χ0) is 16.8. The van der Waals surface area contributed by atoms with Gasteiger partial charge in [-0.3, -0.25) is 4.99 Å². The standard InChI is InChI=1S/C19H29N3OS/c1-2-20-18(21-15-19(23)10-6-11-19)22-12-9-16(13-22)14-24-17-7-4-3-5-8-17/h3-5,7-8,16,23H,2,6,9-15H2,1H3,(H,20,21). The summed E-state index contributed by atoms with van der Waals surface area (Å²) in [6.07, 6.45) is 4.14. The lowest BCUT2D eigenvalue weighted by atomic mass is 9.80. The summed E-state index contributed by atoms with van der Waals surface area (Å²) in [5.41, 5.74) is -0.539. The molecule has 0 bridgehead atoms. The second-order valence-corrected chi connectivity index (χ2v) is 8.07. The van der Waals surface area contributed by atoms with Crippen LogP contribution in [0.2, 0.25) is 0 Å². The molecule has 5 heteroatoms. The molecular weight excluding hydrogens is 318 g/mol. The van der Waals surface area contributed by atoms with Crippen molar-refractivity contribution in [2.75, 3.05) is 31.9 Å². The van der Waals surface area contributed by atoms with Gasteiger partial charge in [-0.15, -0.1) is 11.8 Å². The maximum absolute atomic E-state index is 10.3. The number of rotatable bonds is 6. The van der Waals surface area contributed by atoms with E-state index in [1.807, 2.05) is 11.8 Å². The number of benzene rings is 1. The quantitative estimate of drug-likeness (QED) is 0.472. The number of hydrogen-bond acceptors (Lipinski definition) is 3. The average molecular weight is 348 g/mol. The molecule has 1 aliphatic carbocycles. The van der Waals surface area contributed by atoms with Crippen LogP contribution in [0.3, 0.4) is 0 Å². The first-order chi connectivity index (χ1) is 11.7. The lowest BCUT2D eigenvalue weighted by molar-refractivity contribution is -0.0237. The fraction of sp³-hybridized carbons (Fsp3) is 0.632. The molecule has 1 aromatic rings. The molecular formula is C19H29N3OS. The normalized spacial score (nSPS) is 23.2. The number of likely N-dealkylation sites (tertiary alicyclic amines) is 1. The molecule has 0 aromatic heterocycles. The van der Waals surface area contributed by atoms with Crippen LogP contribution in [0.1, 0.15) is 32.6 Å². The van der Waals surface area contributed by atoms with E-state index in [1.165, 1.54) is 11.3 Å². The molecule has 3 rings (SSSR count). The van der Waals surface area contributed by atoms with Gasteiger partial charge in [0.15, 0.2) is 5.96 Å². The SMILES string of the molecule is CCNC(=NCC1(O)CCC1)N1CCC(CSc2ccccc2)C1. The maximum atomic E-state index is 10.3. The van der Waals surface area contributed by atoms with Crippen molar-refractivity contribution in [1.82, 2.24) is 10.2 Å². The molecule has 2 fully saturated rings. The highest BCUT2D eigenvalue weighted by Crippen LogP contribution is 2.32. The molecule has 0 spiro atoms. The molecule has 132 valence electrons. The number of guanidine groups is 1. The third kappa shape index (κ3) is 4.67. The molecule has 24 heavy (non-hydrogen) atoms. The smallest absolute Gasteiger partial charge is 0.194 e. The summed E-state index contributed by atoms with van der Waals surface area (Å²) in [5, 5.41) is 13.7. The lowest BCUT2D eigenvalue weighted by Crippen LogP contribution is -2.44. The molecule has 1 unspecified atom stereocenters. The van der Waals surface area contributed by atoms with Crippen LogP contribution in [-0.4, -0.2) is 53.5 Å². The highest BCUT2D eigenvalue weighted by Gasteiger charge is 2.34. The third-order valence-electron chi connectivity index (χ3n) is 4.96. The fourth-order valence-corrected chi connectivity index (χ4v) is 4.33. The molecule has 4 nitrogen and oxygen atoms in total. The number of aliphatic hydroxyl groups is 1. The van der Waals surface area contributed by atoms with Crippen LogP contribution in [0.4, 0.5) is 0 Å². The van der Waals surface area contributed by atoms with Gasteiger partial charge in [0.05, 0.1) is 12.1 Å². The van der Waals surface area contributed by atoms with Crippen LogP contribution < -0.4 is 5.32 Å². The summed E-state index contributed by atoms with van der Waals surface area (Å²) in [4.78, 5) is 8.43. The number of nitrogens with zero attached hydrogens (tertiary/aromatic N) is 2. The maximum Gasteiger partial charge on any atom is 0.194 e. The number of thioether (sulfide) groups is 1. The van der Waals surface area contributed by atoms with Gasteiger partial charge in [-0.1, -0.05) is 18.2 Å². The number of hydrogen-bond donors (Lipinski definition) is 2. The molecule has 2 aliphatic rings. The predicted octanol–water partition coefficient (Wildman–Crippen LogP) is 2.98. The van der Waals surface area contributed by atoms with Gasteiger partial charge in [0, 0.05) is 30.3 Å². The van der Waals surface area contributed by atoms with E-state index in [0.717, 1.165) is 50.6 Å². The summed E-state index contributed by atoms with van der Waals surface area (Å²) < 4.78 is 0. The van der Waals surface area contributed by atoms with Gasteiger partial charge >= 0.3 is 0 Å². The summed E-state index contributed by atoms with van der Waals surface area (Å²) in [6, 6.07) is 10.6. The number of nitrogens with one attached hydrogen (secondary N) is 1. The fourth-order valence-electron chi connectivity index (χ4n) is 3.28. The largest absolute Gasteiger partial charge is 0.388 e. The highest BCUT2D eigenvalue weighted by atomic mass is 32.2. The summed E-state index contributed by atoms with van der Waals surface area (Å²) in [7, 11) is 0. The first-order valence-corrected chi connectivity index (χ1v) is 10.1. The summed E-state index contributed by atoms with van der Waals surface area (Å²) >= 11 is 1.95. The Hall–Kier alpha value is -1.20. The van der Waals surface area contributed by atoms with E-state index >= 15 is 0 Å². The van der Waals surface area contributed by atoms with Gasteiger partial charge in [-0.05, 0) is 50.7 Å². The van der Waals surface area contributed by atoms with Crippen molar-refractivity contribution in [2.45, 2.75) is 43.1 Å². The van der Waals surface area contributed by atoms with Crippen molar-refractivity contribution in [3.05, 3.63) is 30.3 Å². The third-order valence-corrected chi connectivity index (χ3v) is 6.20. The molecule has 1 saturated carbocycles. The zero-order valence-electron chi connectivity index (χ0n) is 14.6. The van der Waals surface area contributed by atoms with Crippen molar-refractivity contribution in [2.24, 2.45) is 10.9 Å². The van der Waals surface area contributed by atoms with Crippen molar-refractivity contribution in [3.8, 4) is 0 Å². The van der Waals surface area contributed by atoms with Crippen molar-refractivity contribution >= 4 is 17.7 Å². The van der Waals surface area contributed by atoms with Crippen LogP contribution in [0, 0.1) is 5.92 Å². The Balaban J connectivity index is 1.50.